The lowest BCUT2D eigenvalue weighted by atomic mass is 10.3. The van der Waals surface area contributed by atoms with E-state index in [9.17, 15) is 4.39 Å². The van der Waals surface area contributed by atoms with Gasteiger partial charge in [-0.1, -0.05) is 0 Å². The number of nitrogens with zero attached hydrogens (tertiary/aromatic N) is 1. The lowest BCUT2D eigenvalue weighted by molar-refractivity contribution is 0.413. The fourth-order valence-corrected chi connectivity index (χ4v) is 1.39. The molecule has 0 aliphatic heterocycles. The number of benzene rings is 1. The molecule has 0 radical (unpaired) electrons. The molecule has 1 aliphatic carbocycles. The van der Waals surface area contributed by atoms with Crippen molar-refractivity contribution in [1.82, 2.24) is 5.43 Å². The van der Waals surface area contributed by atoms with E-state index in [1.54, 1.807) is 6.07 Å². The maximum absolute atomic E-state index is 13.0. The van der Waals surface area contributed by atoms with Gasteiger partial charge in [-0.25, -0.2) is 15.2 Å². The second-order valence-corrected chi connectivity index (χ2v) is 3.82. The fraction of sp³-hybridized carbons (Fsp3) is 0.364. The third-order valence-electron chi connectivity index (χ3n) is 2.41. The van der Waals surface area contributed by atoms with Gasteiger partial charge in [0.15, 0.2) is 0 Å². The lowest BCUT2D eigenvalue weighted by Crippen LogP contribution is -2.36. The molecule has 5 nitrogen and oxygen atoms in total. The van der Waals surface area contributed by atoms with E-state index in [0.29, 0.717) is 23.4 Å². The first-order chi connectivity index (χ1) is 8.22. The van der Waals surface area contributed by atoms with E-state index >= 15 is 0 Å². The molecule has 1 aromatic carbocycles. The van der Waals surface area contributed by atoms with Crippen LogP contribution in [-0.2, 0) is 0 Å². The molecule has 4 N–H and O–H groups in total. The van der Waals surface area contributed by atoms with Crippen LogP contribution < -0.4 is 21.3 Å². The Hall–Kier alpha value is -1.82. The van der Waals surface area contributed by atoms with Crippen LogP contribution >= 0.6 is 0 Å². The number of nitrogens with two attached hydrogens (primary N) is 1. The van der Waals surface area contributed by atoms with E-state index in [-0.39, 0.29) is 5.82 Å². The number of nitrogens with one attached hydrogen (secondary N) is 2. The molecule has 0 heterocycles. The first-order valence-corrected chi connectivity index (χ1v) is 5.38. The number of hydrazine groups is 1. The smallest absolute Gasteiger partial charge is 0.210 e. The highest BCUT2D eigenvalue weighted by molar-refractivity contribution is 5.94. The molecule has 0 amide bonds. The van der Waals surface area contributed by atoms with Crippen molar-refractivity contribution in [2.75, 3.05) is 12.4 Å². The minimum Gasteiger partial charge on any atom is -0.494 e. The van der Waals surface area contributed by atoms with Crippen LogP contribution in [-0.4, -0.2) is 19.1 Å². The molecule has 1 aliphatic rings. The highest BCUT2D eigenvalue weighted by atomic mass is 19.1. The minimum atomic E-state index is -0.353. The average Bonchev–Trinajstić information content (AvgIpc) is 3.14. The van der Waals surface area contributed by atoms with E-state index in [2.05, 4.69) is 15.7 Å². The summed E-state index contributed by atoms with van der Waals surface area (Å²) in [5, 5.41) is 2.97. The summed E-state index contributed by atoms with van der Waals surface area (Å²) < 4.78 is 18.1. The molecule has 6 heteroatoms. The van der Waals surface area contributed by atoms with Crippen molar-refractivity contribution < 1.29 is 9.13 Å². The van der Waals surface area contributed by atoms with Crippen molar-refractivity contribution in [2.45, 2.75) is 18.9 Å². The molecule has 0 spiro atoms. The third-order valence-corrected chi connectivity index (χ3v) is 2.41. The Labute approximate surface area is 98.8 Å². The molecule has 2 rings (SSSR count). The number of hydrogen-bond donors (Lipinski definition) is 3. The summed E-state index contributed by atoms with van der Waals surface area (Å²) in [4.78, 5) is 4.32. The Morgan fingerprint density at radius 2 is 2.29 bits per heavy atom. The number of methoxy groups -OCH3 is 1. The monoisotopic (exact) mass is 238 g/mol. The molecule has 0 saturated heterocycles. The van der Waals surface area contributed by atoms with Gasteiger partial charge in [-0.15, -0.1) is 0 Å². The predicted octanol–water partition coefficient (Wildman–Crippen LogP) is 1.23. The van der Waals surface area contributed by atoms with Crippen molar-refractivity contribution in [3.63, 3.8) is 0 Å². The zero-order valence-corrected chi connectivity index (χ0v) is 9.53. The van der Waals surface area contributed by atoms with Gasteiger partial charge in [0.05, 0.1) is 18.8 Å². The quantitative estimate of drug-likeness (QED) is 0.320. The van der Waals surface area contributed by atoms with Gasteiger partial charge in [0.25, 0.3) is 0 Å². The van der Waals surface area contributed by atoms with Gasteiger partial charge < -0.3 is 10.1 Å². The zero-order valence-electron chi connectivity index (χ0n) is 9.53. The molecular formula is C11H15FN4O. The van der Waals surface area contributed by atoms with Gasteiger partial charge in [0, 0.05) is 6.07 Å². The van der Waals surface area contributed by atoms with Gasteiger partial charge in [-0.3, -0.25) is 5.43 Å². The first kappa shape index (κ1) is 11.7. The minimum absolute atomic E-state index is 0.333. The molecule has 1 aromatic rings. The van der Waals surface area contributed by atoms with Crippen molar-refractivity contribution in [2.24, 2.45) is 10.8 Å². The summed E-state index contributed by atoms with van der Waals surface area (Å²) in [6, 6.07) is 4.55. The largest absolute Gasteiger partial charge is 0.494 e. The Kier molecular flexibility index (Phi) is 3.43. The molecule has 1 saturated carbocycles. The van der Waals surface area contributed by atoms with Crippen molar-refractivity contribution in [1.29, 1.82) is 0 Å². The van der Waals surface area contributed by atoms with Crippen molar-refractivity contribution >= 4 is 11.6 Å². The second-order valence-electron chi connectivity index (χ2n) is 3.82. The fourth-order valence-electron chi connectivity index (χ4n) is 1.39. The van der Waals surface area contributed by atoms with E-state index in [1.807, 2.05) is 0 Å². The van der Waals surface area contributed by atoms with E-state index in [4.69, 9.17) is 10.6 Å². The van der Waals surface area contributed by atoms with Gasteiger partial charge in [0.2, 0.25) is 5.96 Å². The summed E-state index contributed by atoms with van der Waals surface area (Å²) in [7, 11) is 1.48. The second kappa shape index (κ2) is 5.01. The molecule has 92 valence electrons. The van der Waals surface area contributed by atoms with Gasteiger partial charge in [-0.05, 0) is 25.0 Å². The molecular weight excluding hydrogens is 223 g/mol. The lowest BCUT2D eigenvalue weighted by Gasteiger charge is -2.12. The van der Waals surface area contributed by atoms with Crippen LogP contribution in [0.4, 0.5) is 10.1 Å². The summed E-state index contributed by atoms with van der Waals surface area (Å²) >= 11 is 0. The standard InChI is InChI=1S/C11H15FN4O/c1-17-10-6-7(12)2-5-9(10)15-11(16-13)14-8-3-4-8/h2,5-6,8H,3-4,13H2,1H3,(H2,14,15,16). The van der Waals surface area contributed by atoms with Crippen LogP contribution in [0.15, 0.2) is 23.2 Å². The van der Waals surface area contributed by atoms with E-state index < -0.39 is 0 Å². The Balaban J connectivity index is 2.15. The molecule has 0 bridgehead atoms. The third kappa shape index (κ3) is 3.07. The Morgan fingerprint density at radius 3 is 2.88 bits per heavy atom. The molecule has 0 atom stereocenters. The highest BCUT2D eigenvalue weighted by Crippen LogP contribution is 2.26. The van der Waals surface area contributed by atoms with Gasteiger partial charge in [-0.2, -0.15) is 0 Å². The first-order valence-electron chi connectivity index (χ1n) is 5.38. The number of aliphatic imine (C=N–C) groups is 1. The van der Waals surface area contributed by atoms with Crippen LogP contribution in [0, 0.1) is 5.82 Å². The van der Waals surface area contributed by atoms with E-state index in [1.165, 1.54) is 19.2 Å². The summed E-state index contributed by atoms with van der Waals surface area (Å²) in [5.74, 6) is 5.87. The van der Waals surface area contributed by atoms with Gasteiger partial charge in [0.1, 0.15) is 11.6 Å². The maximum Gasteiger partial charge on any atom is 0.210 e. The summed E-state index contributed by atoms with van der Waals surface area (Å²) in [5.41, 5.74) is 3.09. The van der Waals surface area contributed by atoms with Gasteiger partial charge >= 0.3 is 0 Å². The highest BCUT2D eigenvalue weighted by Gasteiger charge is 2.21. The average molecular weight is 238 g/mol. The van der Waals surface area contributed by atoms with Crippen molar-refractivity contribution in [3.8, 4) is 5.75 Å². The summed E-state index contributed by atoms with van der Waals surface area (Å²) in [6.07, 6.45) is 2.15. The van der Waals surface area contributed by atoms with Crippen LogP contribution in [0.1, 0.15) is 12.8 Å². The normalized spacial score (nSPS) is 15.6. The predicted molar refractivity (Wildman–Crippen MR) is 64.4 cm³/mol. The topological polar surface area (TPSA) is 71.7 Å². The number of rotatable bonds is 3. The number of guanidine groups is 1. The SMILES string of the molecule is COc1cc(F)ccc1NC(=NC1CC1)NN. The maximum atomic E-state index is 13.0. The van der Waals surface area contributed by atoms with Crippen LogP contribution in [0.3, 0.4) is 0 Å². The van der Waals surface area contributed by atoms with Crippen LogP contribution in [0.2, 0.25) is 0 Å². The molecule has 1 fully saturated rings. The summed E-state index contributed by atoms with van der Waals surface area (Å²) in [6.45, 7) is 0. The molecule has 0 unspecified atom stereocenters. The number of anilines is 1. The Bertz CT molecular complexity index is 431. The molecule has 0 aromatic heterocycles. The van der Waals surface area contributed by atoms with Crippen molar-refractivity contribution in [3.05, 3.63) is 24.0 Å². The number of halogens is 1. The van der Waals surface area contributed by atoms with Crippen LogP contribution in [0.25, 0.3) is 0 Å². The van der Waals surface area contributed by atoms with Crippen LogP contribution in [0.5, 0.6) is 5.75 Å². The Morgan fingerprint density at radius 1 is 1.53 bits per heavy atom. The molecule has 17 heavy (non-hydrogen) atoms. The van der Waals surface area contributed by atoms with E-state index in [0.717, 1.165) is 12.8 Å². The zero-order chi connectivity index (χ0) is 12.3. The number of ether oxygens (including phenoxy) is 1. The number of hydrogen-bond acceptors (Lipinski definition) is 3.